The van der Waals surface area contributed by atoms with Gasteiger partial charge in [-0.3, -0.25) is 52.7 Å². The molecular weight excluding hydrogens is 1300 g/mol. The topological polar surface area (TPSA) is 413 Å². The number of carbonyl (C=O) groups excluding carboxylic acids is 11. The molecule has 1 aliphatic heterocycles. The van der Waals surface area contributed by atoms with Crippen LogP contribution < -0.4 is 58.9 Å². The molecule has 6 aromatic rings. The summed E-state index contributed by atoms with van der Waals surface area (Å²) in [6.07, 6.45) is -0.0191. The minimum absolute atomic E-state index is 0.00175. The van der Waals surface area contributed by atoms with Gasteiger partial charge in [0.1, 0.15) is 56.3 Å². The zero-order chi connectivity index (χ0) is 67.5. The standard InChI is InChI=1S/C61H70Cl2N14O13S3/c1-5-31(4)50-61-76-45(29-93-61)58(90)72-40(16-30(2)3)59-75-44(28-92-59)57(89)71-39(21-34-17-35(62)51(83)36(63)18-34)55(87)73-41(22-46(64)79)60-74-43(27-91-60)53(85)66-23-47(80)65-24-48(81)69-42(26-78)52(84)67-25-49(82)68-37(19-32-12-8-6-9-13-32)54(86)70-38(56(88)77-50)20-33-14-10-7-11-15-33/h6-15,17-18,27-31,37-42,50,78,83H,5,16,19-26H2,1-4H3,(H2,64,79)(H,65,80)(H,66,85)(H,67,84)(H,68,82)(H,69,81)(H,70,86)(H,71,89)(H,72,90)(H,73,87)(H,77,88)/t31-,37-,38-,39-,40-,41-,42+,50-/m0/s1. The van der Waals surface area contributed by atoms with Crippen LogP contribution in [0.2, 0.25) is 10.0 Å². The van der Waals surface area contributed by atoms with Crippen molar-refractivity contribution in [2.24, 2.45) is 17.6 Å². The van der Waals surface area contributed by atoms with Crippen molar-refractivity contribution in [3.05, 3.63) is 148 Å². The summed E-state index contributed by atoms with van der Waals surface area (Å²) in [5, 5.41) is 51.1. The number of hydrogen-bond acceptors (Lipinski definition) is 19. The van der Waals surface area contributed by atoms with Crippen LogP contribution in [0.15, 0.2) is 88.9 Å². The highest BCUT2D eigenvalue weighted by Crippen LogP contribution is 2.34. The highest BCUT2D eigenvalue weighted by Gasteiger charge is 2.34. The molecule has 11 amide bonds. The van der Waals surface area contributed by atoms with E-state index in [0.29, 0.717) is 34.0 Å². The lowest BCUT2D eigenvalue weighted by molar-refractivity contribution is -0.133. The number of nitrogens with zero attached hydrogens (tertiary/aromatic N) is 3. The van der Waals surface area contributed by atoms with Gasteiger partial charge in [-0.1, -0.05) is 118 Å². The molecule has 0 radical (unpaired) electrons. The number of phenolic OH excluding ortho intramolecular Hbond substituents is 1. The van der Waals surface area contributed by atoms with Crippen molar-refractivity contribution in [2.75, 3.05) is 26.2 Å². The molecular formula is C61H70Cl2N14O13S3. The summed E-state index contributed by atoms with van der Waals surface area (Å²) in [5.41, 5.74) is 6.82. The Balaban J connectivity index is 1.20. The van der Waals surface area contributed by atoms with Crippen molar-refractivity contribution in [1.82, 2.24) is 68.1 Å². The average Bonchev–Trinajstić information content (AvgIpc) is 1.89. The zero-order valence-corrected chi connectivity index (χ0v) is 54.7. The first-order valence-electron chi connectivity index (χ1n) is 29.3. The lowest BCUT2D eigenvalue weighted by atomic mass is 9.98. The van der Waals surface area contributed by atoms with E-state index < -0.39 is 146 Å². The molecule has 3 aromatic carbocycles. The number of benzene rings is 3. The number of nitrogens with two attached hydrogens (primary N) is 1. The van der Waals surface area contributed by atoms with Gasteiger partial charge in [0.05, 0.1) is 60.8 Å². The van der Waals surface area contributed by atoms with E-state index in [-0.39, 0.29) is 68.8 Å². The first-order chi connectivity index (χ1) is 44.4. The number of phenols is 1. The van der Waals surface area contributed by atoms with Crippen molar-refractivity contribution < 1.29 is 63.0 Å². The Bertz CT molecular complexity index is 3660. The molecule has 93 heavy (non-hydrogen) atoms. The molecule has 4 heterocycles. The van der Waals surface area contributed by atoms with Crippen molar-refractivity contribution >= 4 is 122 Å². The van der Waals surface area contributed by atoms with E-state index >= 15 is 0 Å². The van der Waals surface area contributed by atoms with Crippen LogP contribution >= 0.6 is 57.2 Å². The van der Waals surface area contributed by atoms with Crippen LogP contribution in [0.1, 0.15) is 128 Å². The molecule has 14 N–H and O–H groups in total. The number of aromatic nitrogens is 3. The van der Waals surface area contributed by atoms with Crippen LogP contribution in [0.4, 0.5) is 0 Å². The van der Waals surface area contributed by atoms with Crippen molar-refractivity contribution in [3.63, 3.8) is 0 Å². The Hall–Kier alpha value is -8.94. The SMILES string of the molecule is CC[C@H](C)[C@@H]1NC(=O)[C@H](Cc2ccccc2)NC(=O)[C@H](Cc2ccccc2)NC(=O)CNC(=O)[C@@H](CO)NC(=O)CNC(=O)CNC(=O)c2csc(n2)[C@H](CC(N)=O)NC(=O)[C@H](Cc2cc(Cl)c(O)c(Cl)c2)NC(=O)c2csc(n2)[C@H](CC(C)C)NC(=O)c2csc1n2. The van der Waals surface area contributed by atoms with Crippen LogP contribution in [-0.4, -0.2) is 141 Å². The molecule has 0 saturated carbocycles. The Morgan fingerprint density at radius 2 is 0.978 bits per heavy atom. The lowest BCUT2D eigenvalue weighted by Gasteiger charge is -2.27. The van der Waals surface area contributed by atoms with Gasteiger partial charge >= 0.3 is 0 Å². The van der Waals surface area contributed by atoms with Crippen molar-refractivity contribution in [2.45, 2.75) is 109 Å². The third-order valence-electron chi connectivity index (χ3n) is 14.5. The molecule has 0 saturated heterocycles. The minimum Gasteiger partial charge on any atom is -0.505 e. The molecule has 0 fully saturated rings. The maximum absolute atomic E-state index is 14.7. The second-order valence-corrected chi connectivity index (χ2v) is 25.6. The number of halogens is 2. The second kappa shape index (κ2) is 34.1. The number of fused-ring (bicyclic) bond motifs is 6. The maximum Gasteiger partial charge on any atom is 0.271 e. The molecule has 0 unspecified atom stereocenters. The van der Waals surface area contributed by atoms with Crippen LogP contribution in [0.5, 0.6) is 5.75 Å². The molecule has 8 atom stereocenters. The fourth-order valence-electron chi connectivity index (χ4n) is 9.45. The molecule has 0 spiro atoms. The number of aromatic hydroxyl groups is 1. The van der Waals surface area contributed by atoms with Crippen LogP contribution in [0.3, 0.4) is 0 Å². The number of carbonyl (C=O) groups is 11. The molecule has 27 nitrogen and oxygen atoms in total. The molecule has 0 aliphatic carbocycles. The van der Waals surface area contributed by atoms with Gasteiger partial charge in [-0.15, -0.1) is 34.0 Å². The first-order valence-corrected chi connectivity index (χ1v) is 32.7. The Morgan fingerprint density at radius 3 is 1.52 bits per heavy atom. The molecule has 32 heteroatoms. The van der Waals surface area contributed by atoms with Gasteiger partial charge in [-0.05, 0) is 47.1 Å². The van der Waals surface area contributed by atoms with E-state index in [1.54, 1.807) is 66.0 Å². The number of hydrogen-bond donors (Lipinski definition) is 13. The van der Waals surface area contributed by atoms with Gasteiger partial charge in [0.25, 0.3) is 17.7 Å². The highest BCUT2D eigenvalue weighted by molar-refractivity contribution is 7.10. The third kappa shape index (κ3) is 21.0. The van der Waals surface area contributed by atoms with E-state index in [1.165, 1.54) is 22.9 Å². The first kappa shape index (κ1) is 71.5. The predicted octanol–water partition coefficient (Wildman–Crippen LogP) is 2.77. The summed E-state index contributed by atoms with van der Waals surface area (Å²) in [7, 11) is 0. The molecule has 3 aromatic heterocycles. The monoisotopic (exact) mass is 1370 g/mol. The normalized spacial score (nSPS) is 21.1. The quantitative estimate of drug-likeness (QED) is 0.0791. The van der Waals surface area contributed by atoms with Gasteiger partial charge in [0.15, 0.2) is 5.75 Å². The summed E-state index contributed by atoms with van der Waals surface area (Å²) in [6, 6.07) is 11.7. The average molecular weight is 1370 g/mol. The Labute approximate surface area is 556 Å². The molecule has 1 aliphatic rings. The van der Waals surface area contributed by atoms with Gasteiger partial charge in [0, 0.05) is 35.4 Å². The number of nitrogens with one attached hydrogen (secondary N) is 10. The fraction of sp³-hybridized carbons (Fsp3) is 0.377. The van der Waals surface area contributed by atoms with Crippen molar-refractivity contribution in [3.8, 4) is 5.75 Å². The number of thiazole rings is 3. The van der Waals surface area contributed by atoms with E-state index in [1.807, 2.05) is 27.7 Å². The fourth-order valence-corrected chi connectivity index (χ4v) is 12.7. The molecule has 6 bridgehead atoms. The van der Waals surface area contributed by atoms with Gasteiger partial charge in [-0.25, -0.2) is 15.0 Å². The predicted molar refractivity (Wildman–Crippen MR) is 346 cm³/mol. The Kier molecular flexibility index (Phi) is 26.2. The number of rotatable bonds is 13. The number of aliphatic hydroxyl groups is 1. The van der Waals surface area contributed by atoms with Crippen LogP contribution in [0, 0.1) is 11.8 Å². The summed E-state index contributed by atoms with van der Waals surface area (Å²) < 4.78 is 0. The number of amides is 11. The summed E-state index contributed by atoms with van der Waals surface area (Å²) in [6.45, 7) is 4.53. The largest absolute Gasteiger partial charge is 0.505 e. The third-order valence-corrected chi connectivity index (χ3v) is 17.9. The van der Waals surface area contributed by atoms with E-state index in [2.05, 4.69) is 63.1 Å². The maximum atomic E-state index is 14.7. The van der Waals surface area contributed by atoms with Crippen LogP contribution in [-0.2, 0) is 57.6 Å². The highest BCUT2D eigenvalue weighted by atomic mass is 35.5. The van der Waals surface area contributed by atoms with Crippen molar-refractivity contribution in [1.29, 1.82) is 0 Å². The lowest BCUT2D eigenvalue weighted by Crippen LogP contribution is -2.57. The number of aliphatic hydroxyl groups excluding tert-OH is 1. The summed E-state index contributed by atoms with van der Waals surface area (Å²) in [4.78, 5) is 164. The summed E-state index contributed by atoms with van der Waals surface area (Å²) >= 11 is 15.6. The zero-order valence-electron chi connectivity index (χ0n) is 50.7. The second-order valence-electron chi connectivity index (χ2n) is 22.2. The van der Waals surface area contributed by atoms with Gasteiger partial charge in [-0.2, -0.15) is 0 Å². The smallest absolute Gasteiger partial charge is 0.271 e. The minimum atomic E-state index is -1.63. The van der Waals surface area contributed by atoms with Gasteiger partial charge < -0.3 is 69.1 Å². The number of primary amides is 1. The molecule has 7 rings (SSSR count). The van der Waals surface area contributed by atoms with E-state index in [9.17, 15) is 63.0 Å². The summed E-state index contributed by atoms with van der Waals surface area (Å²) in [5.74, 6) is -9.92. The van der Waals surface area contributed by atoms with E-state index in [4.69, 9.17) is 33.9 Å². The van der Waals surface area contributed by atoms with Gasteiger partial charge in [0.2, 0.25) is 47.3 Å². The van der Waals surface area contributed by atoms with E-state index in [0.717, 1.165) is 34.0 Å². The van der Waals surface area contributed by atoms with Crippen LogP contribution in [0.25, 0.3) is 0 Å². The Morgan fingerprint density at radius 1 is 0.538 bits per heavy atom. The molecule has 494 valence electrons.